The van der Waals surface area contributed by atoms with E-state index in [0.717, 1.165) is 5.56 Å². The maximum absolute atomic E-state index is 11.7. The number of aliphatic hydroxyl groups excluding tert-OH is 1. The van der Waals surface area contributed by atoms with Crippen molar-refractivity contribution in [3.05, 3.63) is 34.9 Å². The molecule has 1 rings (SSSR count). The van der Waals surface area contributed by atoms with Gasteiger partial charge < -0.3 is 14.2 Å². The van der Waals surface area contributed by atoms with Crippen LogP contribution in [0.3, 0.4) is 0 Å². The summed E-state index contributed by atoms with van der Waals surface area (Å²) in [5.74, 6) is 0. The average Bonchev–Trinajstić information content (AvgIpc) is 2.29. The Labute approximate surface area is 99.7 Å². The maximum atomic E-state index is 11.7. The van der Waals surface area contributed by atoms with Gasteiger partial charge in [0.15, 0.2) is 0 Å². The smallest absolute Gasteiger partial charge is 0.356 e. The van der Waals surface area contributed by atoms with E-state index in [9.17, 15) is 4.57 Å². The van der Waals surface area contributed by atoms with E-state index in [-0.39, 0.29) is 13.2 Å². The Kier molecular flexibility index (Phi) is 5.46. The van der Waals surface area contributed by atoms with Gasteiger partial charge in [0.1, 0.15) is 6.35 Å². The molecular formula is C10H14ClO4P. The molecule has 0 fully saturated rings. The van der Waals surface area contributed by atoms with Gasteiger partial charge in [-0.1, -0.05) is 23.7 Å². The molecule has 0 amide bonds. The summed E-state index contributed by atoms with van der Waals surface area (Å²) in [7, 11) is -3.35. The summed E-state index contributed by atoms with van der Waals surface area (Å²) in [6, 6.07) is 6.95. The van der Waals surface area contributed by atoms with Gasteiger partial charge >= 0.3 is 7.60 Å². The minimum absolute atomic E-state index is 0.120. The number of halogens is 1. The molecule has 0 aliphatic heterocycles. The number of benzene rings is 1. The van der Waals surface area contributed by atoms with E-state index in [1.807, 2.05) is 0 Å². The standard InChI is InChI=1S/C10H14ClO4P/c1-2-14-16(13,8-12)15-7-9-3-5-10(11)6-4-9/h3-6,12H,2,7-8H2,1H3. The highest BCUT2D eigenvalue weighted by atomic mass is 35.5. The van der Waals surface area contributed by atoms with Crippen molar-refractivity contribution in [2.24, 2.45) is 0 Å². The Morgan fingerprint density at radius 3 is 2.44 bits per heavy atom. The minimum atomic E-state index is -3.35. The molecule has 0 bridgehead atoms. The first-order chi connectivity index (χ1) is 7.59. The van der Waals surface area contributed by atoms with Gasteiger partial charge in [-0.25, -0.2) is 0 Å². The zero-order valence-electron chi connectivity index (χ0n) is 8.93. The highest BCUT2D eigenvalue weighted by molar-refractivity contribution is 7.53. The van der Waals surface area contributed by atoms with Gasteiger partial charge in [0.2, 0.25) is 0 Å². The topological polar surface area (TPSA) is 55.8 Å². The highest BCUT2D eigenvalue weighted by Gasteiger charge is 2.22. The van der Waals surface area contributed by atoms with Gasteiger partial charge in [-0.05, 0) is 24.6 Å². The van der Waals surface area contributed by atoms with Crippen LogP contribution in [-0.2, 0) is 20.2 Å². The summed E-state index contributed by atoms with van der Waals surface area (Å²) in [5, 5.41) is 9.53. The molecule has 0 spiro atoms. The second kappa shape index (κ2) is 6.38. The molecule has 1 atom stereocenters. The maximum Gasteiger partial charge on any atom is 0.356 e. The Morgan fingerprint density at radius 2 is 1.94 bits per heavy atom. The summed E-state index contributed by atoms with van der Waals surface area (Å²) in [6.45, 7) is 2.04. The third kappa shape index (κ3) is 4.24. The van der Waals surface area contributed by atoms with Crippen molar-refractivity contribution in [3.63, 3.8) is 0 Å². The Balaban J connectivity index is 2.56. The highest BCUT2D eigenvalue weighted by Crippen LogP contribution is 2.47. The molecule has 1 aromatic carbocycles. The van der Waals surface area contributed by atoms with E-state index < -0.39 is 13.9 Å². The van der Waals surface area contributed by atoms with Gasteiger partial charge in [-0.15, -0.1) is 0 Å². The van der Waals surface area contributed by atoms with Gasteiger partial charge in [0.25, 0.3) is 0 Å². The van der Waals surface area contributed by atoms with Crippen LogP contribution in [0.1, 0.15) is 12.5 Å². The largest absolute Gasteiger partial charge is 0.384 e. The zero-order chi connectivity index (χ0) is 12.0. The lowest BCUT2D eigenvalue weighted by atomic mass is 10.2. The van der Waals surface area contributed by atoms with Crippen LogP contribution in [0.25, 0.3) is 0 Å². The van der Waals surface area contributed by atoms with Crippen LogP contribution in [-0.4, -0.2) is 18.1 Å². The van der Waals surface area contributed by atoms with E-state index in [1.165, 1.54) is 0 Å². The number of aliphatic hydroxyl groups is 1. The van der Waals surface area contributed by atoms with E-state index >= 15 is 0 Å². The lowest BCUT2D eigenvalue weighted by Crippen LogP contribution is -2.00. The van der Waals surface area contributed by atoms with Gasteiger partial charge in [-0.2, -0.15) is 0 Å². The monoisotopic (exact) mass is 264 g/mol. The molecule has 0 aromatic heterocycles. The van der Waals surface area contributed by atoms with Crippen LogP contribution in [0.4, 0.5) is 0 Å². The van der Waals surface area contributed by atoms with Crippen LogP contribution < -0.4 is 0 Å². The van der Waals surface area contributed by atoms with Crippen LogP contribution in [0, 0.1) is 0 Å². The summed E-state index contributed by atoms with van der Waals surface area (Å²) in [5.41, 5.74) is 0.817. The molecule has 16 heavy (non-hydrogen) atoms. The second-order valence-electron chi connectivity index (χ2n) is 3.07. The SMILES string of the molecule is CCOP(=O)(CO)OCc1ccc(Cl)cc1. The normalized spacial score (nSPS) is 14.7. The van der Waals surface area contributed by atoms with Crippen molar-refractivity contribution >= 4 is 19.2 Å². The van der Waals surface area contributed by atoms with Crippen LogP contribution in [0.15, 0.2) is 24.3 Å². The Bertz CT molecular complexity index is 366. The molecule has 1 N–H and O–H groups in total. The summed E-state index contributed by atoms with van der Waals surface area (Å²) in [6.07, 6.45) is -0.617. The second-order valence-corrected chi connectivity index (χ2v) is 5.53. The third-order valence-corrected chi connectivity index (χ3v) is 3.61. The van der Waals surface area contributed by atoms with Gasteiger partial charge in [0.05, 0.1) is 13.2 Å². The van der Waals surface area contributed by atoms with Crippen molar-refractivity contribution in [3.8, 4) is 0 Å². The molecule has 90 valence electrons. The fraction of sp³-hybridized carbons (Fsp3) is 0.400. The molecule has 0 aliphatic rings. The van der Waals surface area contributed by atoms with Crippen LogP contribution in [0.5, 0.6) is 0 Å². The van der Waals surface area contributed by atoms with Crippen LogP contribution in [0.2, 0.25) is 5.02 Å². The van der Waals surface area contributed by atoms with Crippen molar-refractivity contribution in [2.45, 2.75) is 13.5 Å². The number of rotatable bonds is 6. The van der Waals surface area contributed by atoms with Gasteiger partial charge in [0, 0.05) is 5.02 Å². The lowest BCUT2D eigenvalue weighted by Gasteiger charge is -2.15. The molecule has 1 unspecified atom stereocenters. The average molecular weight is 265 g/mol. The van der Waals surface area contributed by atoms with E-state index in [2.05, 4.69) is 0 Å². The summed E-state index contributed by atoms with van der Waals surface area (Å²) < 4.78 is 21.7. The van der Waals surface area contributed by atoms with Crippen molar-refractivity contribution in [1.29, 1.82) is 0 Å². The van der Waals surface area contributed by atoms with E-state index in [1.54, 1.807) is 31.2 Å². The van der Waals surface area contributed by atoms with E-state index in [0.29, 0.717) is 5.02 Å². The molecule has 0 saturated heterocycles. The molecule has 1 aromatic rings. The predicted molar refractivity (Wildman–Crippen MR) is 62.6 cm³/mol. The fourth-order valence-corrected chi connectivity index (χ4v) is 2.17. The quantitative estimate of drug-likeness (QED) is 0.803. The van der Waals surface area contributed by atoms with E-state index in [4.69, 9.17) is 25.8 Å². The molecule has 0 saturated carbocycles. The van der Waals surface area contributed by atoms with Gasteiger partial charge in [-0.3, -0.25) is 4.57 Å². The number of hydrogen-bond acceptors (Lipinski definition) is 4. The molecule has 0 radical (unpaired) electrons. The van der Waals surface area contributed by atoms with Crippen molar-refractivity contribution in [2.75, 3.05) is 13.0 Å². The molecular weight excluding hydrogens is 251 g/mol. The van der Waals surface area contributed by atoms with Crippen LogP contribution >= 0.6 is 19.2 Å². The predicted octanol–water partition coefficient (Wildman–Crippen LogP) is 3.04. The first-order valence-corrected chi connectivity index (χ1v) is 6.93. The molecule has 6 heteroatoms. The summed E-state index contributed by atoms with van der Waals surface area (Å²) in [4.78, 5) is 0. The third-order valence-electron chi connectivity index (χ3n) is 1.84. The summed E-state index contributed by atoms with van der Waals surface area (Å²) >= 11 is 5.72. The molecule has 4 nitrogen and oxygen atoms in total. The fourth-order valence-electron chi connectivity index (χ4n) is 1.07. The first kappa shape index (κ1) is 13.7. The lowest BCUT2D eigenvalue weighted by molar-refractivity contribution is 0.179. The zero-order valence-corrected chi connectivity index (χ0v) is 10.6. The Morgan fingerprint density at radius 1 is 1.31 bits per heavy atom. The van der Waals surface area contributed by atoms with Crippen molar-refractivity contribution < 1.29 is 18.7 Å². The minimum Gasteiger partial charge on any atom is -0.384 e. The first-order valence-electron chi connectivity index (χ1n) is 4.83. The van der Waals surface area contributed by atoms with Crippen molar-refractivity contribution in [1.82, 2.24) is 0 Å². The molecule has 0 heterocycles. The molecule has 0 aliphatic carbocycles. The number of hydrogen-bond donors (Lipinski definition) is 1. The Hall–Kier alpha value is -0.380.